The molecule has 0 saturated heterocycles. The summed E-state index contributed by atoms with van der Waals surface area (Å²) in [5.41, 5.74) is 2.67. The van der Waals surface area contributed by atoms with Crippen LogP contribution in [-0.2, 0) is 11.2 Å². The van der Waals surface area contributed by atoms with E-state index in [4.69, 9.17) is 5.11 Å². The topological polar surface area (TPSA) is 49.3 Å². The van der Waals surface area contributed by atoms with E-state index in [1.54, 1.807) is 6.07 Å². The first-order valence-corrected chi connectivity index (χ1v) is 7.43. The van der Waals surface area contributed by atoms with E-state index in [1.165, 1.54) is 12.1 Å². The number of hydrogen-bond donors (Lipinski definition) is 2. The van der Waals surface area contributed by atoms with E-state index in [0.717, 1.165) is 23.2 Å². The third kappa shape index (κ3) is 3.34. The van der Waals surface area contributed by atoms with E-state index < -0.39 is 0 Å². The smallest absolute Gasteiger partial charge is 0.228 e. The second-order valence-electron chi connectivity index (χ2n) is 5.66. The highest BCUT2D eigenvalue weighted by Crippen LogP contribution is 2.48. The van der Waals surface area contributed by atoms with Crippen LogP contribution in [0.2, 0.25) is 0 Å². The summed E-state index contributed by atoms with van der Waals surface area (Å²) in [7, 11) is 0. The molecule has 2 atom stereocenters. The molecule has 4 heteroatoms. The number of benzene rings is 2. The first kappa shape index (κ1) is 14.7. The van der Waals surface area contributed by atoms with Gasteiger partial charge >= 0.3 is 0 Å². The van der Waals surface area contributed by atoms with Crippen molar-refractivity contribution in [1.29, 1.82) is 0 Å². The molecule has 114 valence electrons. The lowest BCUT2D eigenvalue weighted by atomic mass is 10.1. The zero-order chi connectivity index (χ0) is 15.5. The molecule has 2 aromatic rings. The van der Waals surface area contributed by atoms with Crippen LogP contribution in [0.15, 0.2) is 48.5 Å². The lowest BCUT2D eigenvalue weighted by Crippen LogP contribution is -2.14. The van der Waals surface area contributed by atoms with E-state index >= 15 is 0 Å². The van der Waals surface area contributed by atoms with Crippen LogP contribution < -0.4 is 5.32 Å². The highest BCUT2D eigenvalue weighted by atomic mass is 19.1. The highest BCUT2D eigenvalue weighted by Gasteiger charge is 2.44. The quantitative estimate of drug-likeness (QED) is 0.891. The summed E-state index contributed by atoms with van der Waals surface area (Å²) in [5, 5.41) is 11.8. The number of nitrogens with one attached hydrogen (secondary N) is 1. The average Bonchev–Trinajstić information content (AvgIpc) is 3.30. The minimum atomic E-state index is -0.261. The van der Waals surface area contributed by atoms with Crippen LogP contribution in [0, 0.1) is 11.7 Å². The van der Waals surface area contributed by atoms with Crippen LogP contribution in [-0.4, -0.2) is 17.6 Å². The molecule has 0 bridgehead atoms. The lowest BCUT2D eigenvalue weighted by molar-refractivity contribution is -0.117. The van der Waals surface area contributed by atoms with Gasteiger partial charge in [0.15, 0.2) is 0 Å². The Balaban J connectivity index is 1.59. The standard InChI is InChI=1S/C18H18FNO2/c19-14-3-1-2-13(10-14)16-11-17(16)18(22)20-15-6-4-12(5-7-15)8-9-21/h1-7,10,16-17,21H,8-9,11H2,(H,20,22)/t16-,17+/m0/s1. The lowest BCUT2D eigenvalue weighted by Gasteiger charge is -2.06. The van der Waals surface area contributed by atoms with Crippen LogP contribution in [0.5, 0.6) is 0 Å². The van der Waals surface area contributed by atoms with Crippen molar-refractivity contribution < 1.29 is 14.3 Å². The Labute approximate surface area is 128 Å². The fourth-order valence-electron chi connectivity index (χ4n) is 2.71. The molecular weight excluding hydrogens is 281 g/mol. The molecule has 3 nitrogen and oxygen atoms in total. The Hall–Kier alpha value is -2.20. The Kier molecular flexibility index (Phi) is 4.20. The molecule has 22 heavy (non-hydrogen) atoms. The number of amides is 1. The fraction of sp³-hybridized carbons (Fsp3) is 0.278. The van der Waals surface area contributed by atoms with Gasteiger partial charge in [-0.05, 0) is 54.2 Å². The SMILES string of the molecule is O=C(Nc1ccc(CCO)cc1)[C@@H]1C[C@H]1c1cccc(F)c1. The summed E-state index contributed by atoms with van der Waals surface area (Å²) in [4.78, 5) is 12.2. The molecule has 0 unspecified atom stereocenters. The minimum absolute atomic E-state index is 0.0239. The summed E-state index contributed by atoms with van der Waals surface area (Å²) in [6.07, 6.45) is 1.37. The van der Waals surface area contributed by atoms with Crippen molar-refractivity contribution in [2.24, 2.45) is 5.92 Å². The molecule has 0 aliphatic heterocycles. The third-order valence-electron chi connectivity index (χ3n) is 4.03. The van der Waals surface area contributed by atoms with Crippen LogP contribution in [0.4, 0.5) is 10.1 Å². The number of rotatable bonds is 5. The maximum absolute atomic E-state index is 13.2. The van der Waals surface area contributed by atoms with Gasteiger partial charge in [-0.2, -0.15) is 0 Å². The van der Waals surface area contributed by atoms with Gasteiger partial charge in [0.2, 0.25) is 5.91 Å². The first-order chi connectivity index (χ1) is 10.7. The van der Waals surface area contributed by atoms with Gasteiger partial charge in [0.1, 0.15) is 5.82 Å². The number of hydrogen-bond acceptors (Lipinski definition) is 2. The summed E-state index contributed by atoms with van der Waals surface area (Å²) in [6.45, 7) is 0.114. The largest absolute Gasteiger partial charge is 0.396 e. The summed E-state index contributed by atoms with van der Waals surface area (Å²) in [5.74, 6) is -0.254. The van der Waals surface area contributed by atoms with E-state index in [-0.39, 0.29) is 30.2 Å². The Morgan fingerprint density at radius 3 is 2.68 bits per heavy atom. The van der Waals surface area contributed by atoms with E-state index in [0.29, 0.717) is 6.42 Å². The molecule has 1 aliphatic carbocycles. The van der Waals surface area contributed by atoms with Gasteiger partial charge in [-0.3, -0.25) is 4.79 Å². The minimum Gasteiger partial charge on any atom is -0.396 e. The predicted molar refractivity (Wildman–Crippen MR) is 83.1 cm³/mol. The van der Waals surface area contributed by atoms with Gasteiger partial charge in [0.05, 0.1) is 0 Å². The second kappa shape index (κ2) is 6.28. The Morgan fingerprint density at radius 2 is 2.00 bits per heavy atom. The van der Waals surface area contributed by atoms with Crippen LogP contribution >= 0.6 is 0 Å². The fourth-order valence-corrected chi connectivity index (χ4v) is 2.71. The molecule has 0 spiro atoms. The zero-order valence-corrected chi connectivity index (χ0v) is 12.1. The van der Waals surface area contributed by atoms with Crippen molar-refractivity contribution >= 4 is 11.6 Å². The van der Waals surface area contributed by atoms with Crippen molar-refractivity contribution in [3.63, 3.8) is 0 Å². The van der Waals surface area contributed by atoms with Gasteiger partial charge in [0.25, 0.3) is 0 Å². The Bertz CT molecular complexity index is 669. The van der Waals surface area contributed by atoms with E-state index in [1.807, 2.05) is 30.3 Å². The molecule has 1 fully saturated rings. The summed E-state index contributed by atoms with van der Waals surface area (Å²) < 4.78 is 13.2. The van der Waals surface area contributed by atoms with Gasteiger partial charge in [0, 0.05) is 18.2 Å². The Morgan fingerprint density at radius 1 is 1.23 bits per heavy atom. The molecule has 0 heterocycles. The number of carbonyl (C=O) groups excluding carboxylic acids is 1. The van der Waals surface area contributed by atoms with Gasteiger partial charge < -0.3 is 10.4 Å². The van der Waals surface area contributed by atoms with Crippen molar-refractivity contribution in [1.82, 2.24) is 0 Å². The zero-order valence-electron chi connectivity index (χ0n) is 12.1. The van der Waals surface area contributed by atoms with Crippen LogP contribution in [0.1, 0.15) is 23.5 Å². The van der Waals surface area contributed by atoms with Gasteiger partial charge in [-0.25, -0.2) is 4.39 Å². The van der Waals surface area contributed by atoms with E-state index in [9.17, 15) is 9.18 Å². The number of aliphatic hydroxyl groups is 1. The predicted octanol–water partition coefficient (Wildman–Crippen LogP) is 3.10. The molecule has 1 aliphatic rings. The molecule has 1 saturated carbocycles. The van der Waals surface area contributed by atoms with Crippen LogP contribution in [0.3, 0.4) is 0 Å². The maximum atomic E-state index is 13.2. The highest BCUT2D eigenvalue weighted by molar-refractivity contribution is 5.95. The second-order valence-corrected chi connectivity index (χ2v) is 5.66. The van der Waals surface area contributed by atoms with Crippen molar-refractivity contribution in [2.45, 2.75) is 18.8 Å². The molecule has 1 amide bonds. The number of carbonyl (C=O) groups is 1. The molecule has 3 rings (SSSR count). The number of aliphatic hydroxyl groups excluding tert-OH is 1. The summed E-state index contributed by atoms with van der Waals surface area (Å²) in [6, 6.07) is 13.9. The van der Waals surface area contributed by atoms with Crippen molar-refractivity contribution in [3.05, 3.63) is 65.5 Å². The van der Waals surface area contributed by atoms with Gasteiger partial charge in [-0.1, -0.05) is 24.3 Å². The average molecular weight is 299 g/mol. The van der Waals surface area contributed by atoms with E-state index in [2.05, 4.69) is 5.32 Å². The monoisotopic (exact) mass is 299 g/mol. The first-order valence-electron chi connectivity index (χ1n) is 7.43. The molecule has 2 N–H and O–H groups in total. The van der Waals surface area contributed by atoms with Crippen molar-refractivity contribution in [3.8, 4) is 0 Å². The third-order valence-corrected chi connectivity index (χ3v) is 4.03. The molecular formula is C18H18FNO2. The maximum Gasteiger partial charge on any atom is 0.228 e. The number of halogens is 1. The normalized spacial score (nSPS) is 19.7. The number of anilines is 1. The summed E-state index contributed by atoms with van der Waals surface area (Å²) >= 11 is 0. The molecule has 0 radical (unpaired) electrons. The van der Waals surface area contributed by atoms with Gasteiger partial charge in [-0.15, -0.1) is 0 Å². The molecule has 0 aromatic heterocycles. The van der Waals surface area contributed by atoms with Crippen molar-refractivity contribution in [2.75, 3.05) is 11.9 Å². The van der Waals surface area contributed by atoms with Crippen LogP contribution in [0.25, 0.3) is 0 Å². The molecule has 2 aromatic carbocycles.